The quantitative estimate of drug-likeness (QED) is 0.371. The minimum absolute atomic E-state index is 0.127. The molecular weight excluding hydrogens is 324 g/mol. The van der Waals surface area contributed by atoms with E-state index in [1.54, 1.807) is 25.3 Å². The molecule has 0 aliphatic carbocycles. The minimum Gasteiger partial charge on any atom is -0.475 e. The first-order valence-electron chi connectivity index (χ1n) is 8.04. The SMILES string of the molecule is C=C(C)CCOCCOc1cc(-c2nc(C(=O)OCC)co2)ccn1. The summed E-state index contributed by atoms with van der Waals surface area (Å²) in [6.07, 6.45) is 3.69. The van der Waals surface area contributed by atoms with Crippen molar-refractivity contribution in [3.8, 4) is 17.3 Å². The second kappa shape index (κ2) is 9.58. The third-order valence-corrected chi connectivity index (χ3v) is 3.12. The van der Waals surface area contributed by atoms with E-state index < -0.39 is 5.97 Å². The largest absolute Gasteiger partial charge is 0.475 e. The molecule has 0 aliphatic rings. The zero-order valence-electron chi connectivity index (χ0n) is 14.5. The van der Waals surface area contributed by atoms with Gasteiger partial charge < -0.3 is 18.6 Å². The normalized spacial score (nSPS) is 10.5. The lowest BCUT2D eigenvalue weighted by molar-refractivity contribution is 0.0519. The zero-order valence-corrected chi connectivity index (χ0v) is 14.5. The maximum absolute atomic E-state index is 11.6. The highest BCUT2D eigenvalue weighted by atomic mass is 16.5. The fourth-order valence-corrected chi connectivity index (χ4v) is 1.88. The van der Waals surface area contributed by atoms with Gasteiger partial charge in [-0.3, -0.25) is 0 Å². The van der Waals surface area contributed by atoms with Crippen LogP contribution in [0.15, 0.2) is 41.2 Å². The Bertz CT molecular complexity index is 711. The summed E-state index contributed by atoms with van der Waals surface area (Å²) in [5, 5.41) is 0. The van der Waals surface area contributed by atoms with E-state index in [0.29, 0.717) is 37.2 Å². The number of carbonyl (C=O) groups is 1. The number of nitrogens with zero attached hydrogens (tertiary/aromatic N) is 2. The number of aromatic nitrogens is 2. The van der Waals surface area contributed by atoms with Gasteiger partial charge in [-0.1, -0.05) is 5.57 Å². The van der Waals surface area contributed by atoms with Crippen molar-refractivity contribution in [1.29, 1.82) is 0 Å². The number of oxazole rings is 1. The van der Waals surface area contributed by atoms with Crippen molar-refractivity contribution < 1.29 is 23.4 Å². The second-order valence-electron chi connectivity index (χ2n) is 5.31. The van der Waals surface area contributed by atoms with E-state index in [1.165, 1.54) is 6.26 Å². The Kier molecular flexibility index (Phi) is 7.16. The summed E-state index contributed by atoms with van der Waals surface area (Å²) in [4.78, 5) is 19.9. The van der Waals surface area contributed by atoms with Gasteiger partial charge in [0.25, 0.3) is 0 Å². The first-order chi connectivity index (χ1) is 12.1. The van der Waals surface area contributed by atoms with Crippen LogP contribution < -0.4 is 4.74 Å². The van der Waals surface area contributed by atoms with E-state index >= 15 is 0 Å². The van der Waals surface area contributed by atoms with Gasteiger partial charge >= 0.3 is 5.97 Å². The fraction of sp³-hybridized carbons (Fsp3) is 0.389. The fourth-order valence-electron chi connectivity index (χ4n) is 1.88. The molecule has 0 N–H and O–H groups in total. The highest BCUT2D eigenvalue weighted by molar-refractivity contribution is 5.87. The highest BCUT2D eigenvalue weighted by Gasteiger charge is 2.14. The van der Waals surface area contributed by atoms with Crippen molar-refractivity contribution in [3.05, 3.63) is 42.4 Å². The first-order valence-corrected chi connectivity index (χ1v) is 8.04. The molecule has 0 atom stereocenters. The van der Waals surface area contributed by atoms with E-state index in [2.05, 4.69) is 16.5 Å². The van der Waals surface area contributed by atoms with E-state index in [0.717, 1.165) is 12.0 Å². The zero-order chi connectivity index (χ0) is 18.1. The third kappa shape index (κ3) is 6.04. The molecule has 7 nitrogen and oxygen atoms in total. The number of hydrogen-bond donors (Lipinski definition) is 0. The van der Waals surface area contributed by atoms with E-state index in [-0.39, 0.29) is 12.3 Å². The van der Waals surface area contributed by atoms with Crippen LogP contribution in [0.3, 0.4) is 0 Å². The van der Waals surface area contributed by atoms with Gasteiger partial charge in [-0.25, -0.2) is 14.8 Å². The van der Waals surface area contributed by atoms with Crippen LogP contribution in [0.2, 0.25) is 0 Å². The summed E-state index contributed by atoms with van der Waals surface area (Å²) in [7, 11) is 0. The molecule has 0 aromatic carbocycles. The van der Waals surface area contributed by atoms with Gasteiger partial charge in [0.2, 0.25) is 11.8 Å². The number of rotatable bonds is 10. The average Bonchev–Trinajstić information content (AvgIpc) is 3.08. The van der Waals surface area contributed by atoms with Crippen LogP contribution in [-0.2, 0) is 9.47 Å². The van der Waals surface area contributed by atoms with Gasteiger partial charge in [0, 0.05) is 17.8 Å². The van der Waals surface area contributed by atoms with Crippen molar-refractivity contribution in [2.24, 2.45) is 0 Å². The summed E-state index contributed by atoms with van der Waals surface area (Å²) >= 11 is 0. The molecule has 2 aromatic heterocycles. The topological polar surface area (TPSA) is 83.7 Å². The summed E-state index contributed by atoms with van der Waals surface area (Å²) in [5.74, 6) is 0.208. The number of pyridine rings is 1. The maximum atomic E-state index is 11.6. The molecule has 0 aliphatic heterocycles. The van der Waals surface area contributed by atoms with E-state index in [9.17, 15) is 4.79 Å². The Labute approximate surface area is 146 Å². The van der Waals surface area contributed by atoms with Gasteiger partial charge in [0.05, 0.1) is 19.8 Å². The predicted molar refractivity (Wildman–Crippen MR) is 91.4 cm³/mol. The molecule has 0 fully saturated rings. The predicted octanol–water partition coefficient (Wildman–Crippen LogP) is 3.27. The third-order valence-electron chi connectivity index (χ3n) is 3.12. The molecule has 25 heavy (non-hydrogen) atoms. The standard InChI is InChI=1S/C18H22N2O5/c1-4-23-18(21)15-12-25-17(20-15)14-5-7-19-16(11-14)24-10-9-22-8-6-13(2)3/h5,7,11-12H,2,4,6,8-10H2,1,3H3. The van der Waals surface area contributed by atoms with Crippen molar-refractivity contribution in [3.63, 3.8) is 0 Å². The van der Waals surface area contributed by atoms with Gasteiger partial charge in [-0.2, -0.15) is 0 Å². The molecule has 0 spiro atoms. The molecule has 2 heterocycles. The van der Waals surface area contributed by atoms with E-state index in [1.807, 2.05) is 6.92 Å². The van der Waals surface area contributed by atoms with Gasteiger partial charge in [-0.05, 0) is 26.3 Å². The van der Waals surface area contributed by atoms with Gasteiger partial charge in [0.1, 0.15) is 12.9 Å². The van der Waals surface area contributed by atoms with Crippen LogP contribution in [0.4, 0.5) is 0 Å². The van der Waals surface area contributed by atoms with Crippen LogP contribution >= 0.6 is 0 Å². The van der Waals surface area contributed by atoms with Crippen LogP contribution in [0.5, 0.6) is 5.88 Å². The minimum atomic E-state index is -0.519. The molecule has 0 bridgehead atoms. The highest BCUT2D eigenvalue weighted by Crippen LogP contribution is 2.21. The Morgan fingerprint density at radius 1 is 1.32 bits per heavy atom. The summed E-state index contributed by atoms with van der Waals surface area (Å²) in [5.41, 5.74) is 1.87. The smallest absolute Gasteiger partial charge is 0.360 e. The van der Waals surface area contributed by atoms with Crippen LogP contribution in [0, 0.1) is 0 Å². The van der Waals surface area contributed by atoms with Gasteiger partial charge in [-0.15, -0.1) is 6.58 Å². The molecule has 0 saturated carbocycles. The van der Waals surface area contributed by atoms with Crippen LogP contribution in [0.1, 0.15) is 30.8 Å². The lowest BCUT2D eigenvalue weighted by Crippen LogP contribution is -2.08. The molecule has 0 unspecified atom stereocenters. The molecule has 0 saturated heterocycles. The Morgan fingerprint density at radius 2 is 2.16 bits per heavy atom. The Hall–Kier alpha value is -2.67. The molecule has 2 rings (SSSR count). The molecule has 0 amide bonds. The number of hydrogen-bond acceptors (Lipinski definition) is 7. The maximum Gasteiger partial charge on any atom is 0.360 e. The van der Waals surface area contributed by atoms with Crippen molar-refractivity contribution in [2.75, 3.05) is 26.4 Å². The van der Waals surface area contributed by atoms with Gasteiger partial charge in [0.15, 0.2) is 5.69 Å². The van der Waals surface area contributed by atoms with E-state index in [4.69, 9.17) is 18.6 Å². The monoisotopic (exact) mass is 346 g/mol. The lowest BCUT2D eigenvalue weighted by Gasteiger charge is -2.07. The number of carbonyl (C=O) groups excluding carboxylic acids is 1. The molecule has 0 radical (unpaired) electrons. The second-order valence-corrected chi connectivity index (χ2v) is 5.31. The summed E-state index contributed by atoms with van der Waals surface area (Å²) in [6, 6.07) is 3.41. The Morgan fingerprint density at radius 3 is 2.92 bits per heavy atom. The molecule has 2 aromatic rings. The van der Waals surface area contributed by atoms with Crippen molar-refractivity contribution in [2.45, 2.75) is 20.3 Å². The Balaban J connectivity index is 1.88. The van der Waals surface area contributed by atoms with Crippen LogP contribution in [0.25, 0.3) is 11.5 Å². The lowest BCUT2D eigenvalue weighted by atomic mass is 10.2. The molecular formula is C18H22N2O5. The van der Waals surface area contributed by atoms with Crippen LogP contribution in [-0.4, -0.2) is 42.4 Å². The number of ether oxygens (including phenoxy) is 3. The molecule has 134 valence electrons. The summed E-state index contributed by atoms with van der Waals surface area (Å²) in [6.45, 7) is 9.26. The average molecular weight is 346 g/mol. The first kappa shape index (κ1) is 18.7. The summed E-state index contributed by atoms with van der Waals surface area (Å²) < 4.78 is 21.2. The van der Waals surface area contributed by atoms with Crippen molar-refractivity contribution in [1.82, 2.24) is 9.97 Å². The number of esters is 1. The van der Waals surface area contributed by atoms with Crippen molar-refractivity contribution >= 4 is 5.97 Å². The molecule has 7 heteroatoms.